The molecule has 2 aliphatic rings. The Hall–Kier alpha value is -0.520. The first-order chi connectivity index (χ1) is 11.2. The first kappa shape index (κ1) is 18.8. The summed E-state index contributed by atoms with van der Waals surface area (Å²) in [5.41, 5.74) is 0. The van der Waals surface area contributed by atoms with E-state index in [-0.39, 0.29) is 0 Å². The van der Waals surface area contributed by atoms with Gasteiger partial charge in [-0.1, -0.05) is 12.2 Å². The number of fused-ring (bicyclic) bond motifs is 2. The maximum Gasteiger partial charge on any atom is 0.303 e. The number of carboxylic acids is 1. The SMILES string of the molecule is CC=CCOCC1C2CCC(O2)C1CCSCCCCC(=O)O. The lowest BCUT2D eigenvalue weighted by Crippen LogP contribution is -2.31. The number of ether oxygens (including phenoxy) is 2. The van der Waals surface area contributed by atoms with Crippen molar-refractivity contribution < 1.29 is 19.4 Å². The zero-order chi connectivity index (χ0) is 16.5. The number of allylic oxidation sites excluding steroid dienone is 1. The lowest BCUT2D eigenvalue weighted by molar-refractivity contribution is -0.137. The quantitative estimate of drug-likeness (QED) is 0.432. The Kier molecular flexibility index (Phi) is 8.48. The van der Waals surface area contributed by atoms with Crippen LogP contribution in [0.15, 0.2) is 12.2 Å². The Labute approximate surface area is 144 Å². The topological polar surface area (TPSA) is 55.8 Å². The maximum absolute atomic E-state index is 10.5. The molecular formula is C18H30O4S. The van der Waals surface area contributed by atoms with Crippen molar-refractivity contribution in [1.82, 2.24) is 0 Å². The van der Waals surface area contributed by atoms with Gasteiger partial charge in [-0.3, -0.25) is 4.79 Å². The number of thioether (sulfide) groups is 1. The molecule has 2 heterocycles. The summed E-state index contributed by atoms with van der Waals surface area (Å²) in [6, 6.07) is 0. The predicted molar refractivity (Wildman–Crippen MR) is 93.9 cm³/mol. The van der Waals surface area contributed by atoms with Crippen LogP contribution < -0.4 is 0 Å². The first-order valence-electron chi connectivity index (χ1n) is 8.86. The minimum Gasteiger partial charge on any atom is -0.481 e. The molecule has 0 spiro atoms. The van der Waals surface area contributed by atoms with Crippen molar-refractivity contribution in [2.24, 2.45) is 11.8 Å². The van der Waals surface area contributed by atoms with E-state index in [2.05, 4.69) is 6.08 Å². The number of hydrogen-bond acceptors (Lipinski definition) is 4. The molecule has 132 valence electrons. The number of carboxylic acid groups (broad SMARTS) is 1. The normalized spacial score (nSPS) is 29.6. The molecule has 2 aliphatic heterocycles. The van der Waals surface area contributed by atoms with Gasteiger partial charge in [-0.2, -0.15) is 11.8 Å². The van der Waals surface area contributed by atoms with E-state index in [4.69, 9.17) is 14.6 Å². The van der Waals surface area contributed by atoms with Crippen molar-refractivity contribution in [2.45, 2.75) is 57.7 Å². The van der Waals surface area contributed by atoms with Crippen LogP contribution in [-0.2, 0) is 14.3 Å². The van der Waals surface area contributed by atoms with Gasteiger partial charge >= 0.3 is 5.97 Å². The molecule has 0 aromatic heterocycles. The summed E-state index contributed by atoms with van der Waals surface area (Å²) in [5, 5.41) is 8.62. The number of aliphatic carboxylic acids is 1. The van der Waals surface area contributed by atoms with Crippen molar-refractivity contribution in [3.63, 3.8) is 0 Å². The summed E-state index contributed by atoms with van der Waals surface area (Å²) in [7, 11) is 0. The van der Waals surface area contributed by atoms with Gasteiger partial charge in [0.25, 0.3) is 0 Å². The van der Waals surface area contributed by atoms with Crippen molar-refractivity contribution in [1.29, 1.82) is 0 Å². The fourth-order valence-corrected chi connectivity index (χ4v) is 4.72. The van der Waals surface area contributed by atoms with Gasteiger partial charge in [0, 0.05) is 12.3 Å². The second kappa shape index (κ2) is 10.4. The second-order valence-electron chi connectivity index (χ2n) is 6.48. The average molecular weight is 343 g/mol. The third-order valence-electron chi connectivity index (χ3n) is 4.88. The van der Waals surface area contributed by atoms with Crippen LogP contribution in [0.4, 0.5) is 0 Å². The molecule has 0 aromatic rings. The highest BCUT2D eigenvalue weighted by atomic mass is 32.2. The summed E-state index contributed by atoms with van der Waals surface area (Å²) in [6.07, 6.45) is 10.6. The largest absolute Gasteiger partial charge is 0.481 e. The summed E-state index contributed by atoms with van der Waals surface area (Å²) in [4.78, 5) is 10.5. The van der Waals surface area contributed by atoms with Gasteiger partial charge in [-0.25, -0.2) is 0 Å². The molecule has 5 heteroatoms. The van der Waals surface area contributed by atoms with Crippen LogP contribution in [0.1, 0.15) is 45.4 Å². The van der Waals surface area contributed by atoms with Gasteiger partial charge in [0.2, 0.25) is 0 Å². The molecule has 0 radical (unpaired) electrons. The molecule has 4 atom stereocenters. The Morgan fingerprint density at radius 1 is 1.26 bits per heavy atom. The average Bonchev–Trinajstić information content (AvgIpc) is 3.12. The Morgan fingerprint density at radius 2 is 2.04 bits per heavy atom. The first-order valence-corrected chi connectivity index (χ1v) is 10.0. The van der Waals surface area contributed by atoms with Crippen LogP contribution in [0.2, 0.25) is 0 Å². The Bertz CT molecular complexity index is 385. The van der Waals surface area contributed by atoms with Gasteiger partial charge in [-0.15, -0.1) is 0 Å². The maximum atomic E-state index is 10.5. The third kappa shape index (κ3) is 6.12. The molecule has 0 aliphatic carbocycles. The van der Waals surface area contributed by atoms with Gasteiger partial charge in [0.05, 0.1) is 25.4 Å². The monoisotopic (exact) mass is 342 g/mol. The van der Waals surface area contributed by atoms with Crippen LogP contribution in [0.5, 0.6) is 0 Å². The molecule has 0 saturated carbocycles. The molecule has 4 nitrogen and oxygen atoms in total. The van der Waals surface area contributed by atoms with Crippen LogP contribution >= 0.6 is 11.8 Å². The second-order valence-corrected chi connectivity index (χ2v) is 7.70. The molecule has 2 bridgehead atoms. The predicted octanol–water partition coefficient (Wildman–Crippen LogP) is 3.75. The smallest absolute Gasteiger partial charge is 0.303 e. The summed E-state index contributed by atoms with van der Waals surface area (Å²) < 4.78 is 11.9. The number of hydrogen-bond donors (Lipinski definition) is 1. The zero-order valence-corrected chi connectivity index (χ0v) is 14.9. The highest BCUT2D eigenvalue weighted by Gasteiger charge is 2.48. The van der Waals surface area contributed by atoms with E-state index in [1.54, 1.807) is 0 Å². The molecule has 23 heavy (non-hydrogen) atoms. The van der Waals surface area contributed by atoms with E-state index in [1.165, 1.54) is 19.3 Å². The Morgan fingerprint density at radius 3 is 2.78 bits per heavy atom. The van der Waals surface area contributed by atoms with Gasteiger partial charge in [0.1, 0.15) is 0 Å². The van der Waals surface area contributed by atoms with E-state index < -0.39 is 5.97 Å². The van der Waals surface area contributed by atoms with Gasteiger partial charge in [-0.05, 0) is 56.5 Å². The van der Waals surface area contributed by atoms with E-state index in [9.17, 15) is 4.79 Å². The standard InChI is InChI=1S/C18H30O4S/c1-2-3-10-21-13-15-14(16-7-8-17(15)22-16)9-12-23-11-5-4-6-18(19)20/h2-3,14-17H,4-13H2,1H3,(H,19,20). The number of carbonyl (C=O) groups is 1. The molecule has 2 saturated heterocycles. The van der Waals surface area contributed by atoms with E-state index in [0.29, 0.717) is 37.1 Å². The van der Waals surface area contributed by atoms with Crippen LogP contribution in [0, 0.1) is 11.8 Å². The van der Waals surface area contributed by atoms with Crippen LogP contribution in [-0.4, -0.2) is 48.0 Å². The molecular weight excluding hydrogens is 312 g/mol. The minimum atomic E-state index is -0.685. The van der Waals surface area contributed by atoms with E-state index in [0.717, 1.165) is 31.0 Å². The van der Waals surface area contributed by atoms with Gasteiger partial charge in [0.15, 0.2) is 0 Å². The molecule has 2 rings (SSSR count). The molecule has 4 unspecified atom stereocenters. The summed E-state index contributed by atoms with van der Waals surface area (Å²) >= 11 is 1.95. The van der Waals surface area contributed by atoms with Crippen LogP contribution in [0.3, 0.4) is 0 Å². The summed E-state index contributed by atoms with van der Waals surface area (Å²) in [5.74, 6) is 2.74. The van der Waals surface area contributed by atoms with Crippen molar-refractivity contribution in [2.75, 3.05) is 24.7 Å². The Balaban J connectivity index is 1.61. The zero-order valence-electron chi connectivity index (χ0n) is 14.1. The fraction of sp³-hybridized carbons (Fsp3) is 0.833. The lowest BCUT2D eigenvalue weighted by Gasteiger charge is -2.27. The highest BCUT2D eigenvalue weighted by molar-refractivity contribution is 7.99. The van der Waals surface area contributed by atoms with Crippen molar-refractivity contribution in [3.05, 3.63) is 12.2 Å². The highest BCUT2D eigenvalue weighted by Crippen LogP contribution is 2.45. The lowest BCUT2D eigenvalue weighted by atomic mass is 9.78. The van der Waals surface area contributed by atoms with Crippen molar-refractivity contribution >= 4 is 17.7 Å². The molecule has 1 N–H and O–H groups in total. The summed E-state index contributed by atoms with van der Waals surface area (Å²) in [6.45, 7) is 3.54. The fourth-order valence-electron chi connectivity index (χ4n) is 3.67. The van der Waals surface area contributed by atoms with Crippen LogP contribution in [0.25, 0.3) is 0 Å². The minimum absolute atomic E-state index is 0.298. The van der Waals surface area contributed by atoms with E-state index >= 15 is 0 Å². The molecule has 0 amide bonds. The van der Waals surface area contributed by atoms with Gasteiger partial charge < -0.3 is 14.6 Å². The van der Waals surface area contributed by atoms with Crippen molar-refractivity contribution in [3.8, 4) is 0 Å². The van der Waals surface area contributed by atoms with E-state index in [1.807, 2.05) is 24.8 Å². The molecule has 2 fully saturated rings. The third-order valence-corrected chi connectivity index (χ3v) is 5.98. The molecule has 0 aromatic carbocycles. The number of unbranched alkanes of at least 4 members (excludes halogenated alkanes) is 1. The number of rotatable bonds is 12.